The summed E-state index contributed by atoms with van der Waals surface area (Å²) in [5.74, 6) is -1.94. The summed E-state index contributed by atoms with van der Waals surface area (Å²) in [6.07, 6.45) is 0. The predicted octanol–water partition coefficient (Wildman–Crippen LogP) is 2.63. The minimum Gasteiger partial charge on any atom is -0.392 e. The fourth-order valence-electron chi connectivity index (χ4n) is 1.51. The van der Waals surface area contributed by atoms with Crippen LogP contribution in [0.5, 0.6) is 0 Å². The van der Waals surface area contributed by atoms with E-state index in [1.54, 1.807) is 0 Å². The van der Waals surface area contributed by atoms with Gasteiger partial charge >= 0.3 is 0 Å². The number of aryl methyl sites for hydroxylation is 1. The van der Waals surface area contributed by atoms with Gasteiger partial charge in [0.25, 0.3) is 10.0 Å². The van der Waals surface area contributed by atoms with Gasteiger partial charge < -0.3 is 5.11 Å². The fourth-order valence-corrected chi connectivity index (χ4v) is 3.78. The van der Waals surface area contributed by atoms with Crippen LogP contribution in [0.15, 0.2) is 27.8 Å². The zero-order chi connectivity index (χ0) is 14.9. The number of thiophene rings is 1. The van der Waals surface area contributed by atoms with Crippen molar-refractivity contribution < 1.29 is 22.3 Å². The number of anilines is 1. The van der Waals surface area contributed by atoms with E-state index in [0.29, 0.717) is 5.56 Å². The van der Waals surface area contributed by atoms with Crippen LogP contribution in [0.4, 0.5) is 14.5 Å². The molecule has 0 aliphatic carbocycles. The largest absolute Gasteiger partial charge is 0.392 e. The number of aliphatic hydroxyl groups is 1. The van der Waals surface area contributed by atoms with E-state index >= 15 is 0 Å². The van der Waals surface area contributed by atoms with Gasteiger partial charge in [-0.15, -0.1) is 11.3 Å². The third-order valence-electron chi connectivity index (χ3n) is 2.60. The first-order chi connectivity index (χ1) is 9.35. The van der Waals surface area contributed by atoms with Gasteiger partial charge in [-0.25, -0.2) is 17.2 Å². The summed E-state index contributed by atoms with van der Waals surface area (Å²) >= 11 is 0.861. The van der Waals surface area contributed by atoms with Crippen molar-refractivity contribution in [3.8, 4) is 0 Å². The van der Waals surface area contributed by atoms with Crippen molar-refractivity contribution >= 4 is 27.0 Å². The van der Waals surface area contributed by atoms with Crippen molar-refractivity contribution in [3.05, 3.63) is 46.3 Å². The van der Waals surface area contributed by atoms with Crippen molar-refractivity contribution in [2.45, 2.75) is 17.7 Å². The van der Waals surface area contributed by atoms with Gasteiger partial charge in [0.15, 0.2) is 5.82 Å². The molecule has 8 heteroatoms. The molecule has 0 bridgehead atoms. The molecule has 0 fully saturated rings. The highest BCUT2D eigenvalue weighted by molar-refractivity contribution is 7.94. The van der Waals surface area contributed by atoms with Gasteiger partial charge in [0, 0.05) is 0 Å². The van der Waals surface area contributed by atoms with Gasteiger partial charge in [-0.3, -0.25) is 4.72 Å². The SMILES string of the molecule is Cc1ccc(F)c(NS(=O)(=O)c2cc(CO)cs2)c1F. The molecule has 0 radical (unpaired) electrons. The van der Waals surface area contributed by atoms with Crippen LogP contribution in [0, 0.1) is 18.6 Å². The molecule has 2 rings (SSSR count). The first kappa shape index (κ1) is 14.9. The highest BCUT2D eigenvalue weighted by atomic mass is 32.2. The molecule has 2 N–H and O–H groups in total. The van der Waals surface area contributed by atoms with Gasteiger partial charge in [-0.1, -0.05) is 6.07 Å². The molecular weight excluding hydrogens is 308 g/mol. The number of hydrogen-bond acceptors (Lipinski definition) is 4. The Hall–Kier alpha value is -1.51. The Balaban J connectivity index is 2.41. The Morgan fingerprint density at radius 2 is 2.05 bits per heavy atom. The number of hydrogen-bond donors (Lipinski definition) is 2. The molecule has 108 valence electrons. The molecule has 0 saturated heterocycles. The topological polar surface area (TPSA) is 66.4 Å². The molecule has 0 atom stereocenters. The lowest BCUT2D eigenvalue weighted by Crippen LogP contribution is -2.14. The third kappa shape index (κ3) is 2.82. The van der Waals surface area contributed by atoms with E-state index in [4.69, 9.17) is 5.11 Å². The lowest BCUT2D eigenvalue weighted by Gasteiger charge is -2.09. The Kier molecular flexibility index (Phi) is 4.07. The average Bonchev–Trinajstić information content (AvgIpc) is 2.89. The minimum absolute atomic E-state index is 0.123. The Morgan fingerprint density at radius 3 is 2.65 bits per heavy atom. The predicted molar refractivity (Wildman–Crippen MR) is 72.1 cm³/mol. The summed E-state index contributed by atoms with van der Waals surface area (Å²) in [6.45, 7) is 1.10. The Labute approximate surface area is 118 Å². The average molecular weight is 319 g/mol. The molecule has 2 aromatic rings. The summed E-state index contributed by atoms with van der Waals surface area (Å²) in [7, 11) is -4.09. The van der Waals surface area contributed by atoms with E-state index in [2.05, 4.69) is 0 Å². The lowest BCUT2D eigenvalue weighted by molar-refractivity contribution is 0.282. The Morgan fingerprint density at radius 1 is 1.35 bits per heavy atom. The summed E-state index contributed by atoms with van der Waals surface area (Å²) in [5, 5.41) is 10.4. The zero-order valence-corrected chi connectivity index (χ0v) is 12.0. The normalized spacial score (nSPS) is 11.6. The summed E-state index contributed by atoms with van der Waals surface area (Å²) in [4.78, 5) is 0. The maximum absolute atomic E-state index is 13.8. The third-order valence-corrected chi connectivity index (χ3v) is 5.44. The van der Waals surface area contributed by atoms with E-state index in [1.807, 2.05) is 4.72 Å². The molecule has 0 saturated carbocycles. The van der Waals surface area contributed by atoms with Crippen molar-refractivity contribution in [1.29, 1.82) is 0 Å². The van der Waals surface area contributed by atoms with E-state index in [-0.39, 0.29) is 16.4 Å². The first-order valence-corrected chi connectivity index (χ1v) is 7.87. The van der Waals surface area contributed by atoms with Crippen LogP contribution in [-0.4, -0.2) is 13.5 Å². The van der Waals surface area contributed by atoms with Crippen LogP contribution >= 0.6 is 11.3 Å². The molecule has 1 aromatic heterocycles. The molecule has 0 aliphatic heterocycles. The molecule has 0 unspecified atom stereocenters. The molecule has 4 nitrogen and oxygen atoms in total. The minimum atomic E-state index is -4.09. The number of nitrogens with one attached hydrogen (secondary N) is 1. The van der Waals surface area contributed by atoms with E-state index in [0.717, 1.165) is 17.4 Å². The number of rotatable bonds is 4. The van der Waals surface area contributed by atoms with E-state index in [9.17, 15) is 17.2 Å². The van der Waals surface area contributed by atoms with Gasteiger partial charge in [0.2, 0.25) is 0 Å². The zero-order valence-electron chi connectivity index (χ0n) is 10.4. The number of halogens is 2. The molecule has 0 spiro atoms. The standard InChI is InChI=1S/C12H11F2NO3S2/c1-7-2-3-9(13)12(11(7)14)15-20(17,18)10-4-8(5-16)6-19-10/h2-4,6,15-16H,5H2,1H3. The second-order valence-corrected chi connectivity index (χ2v) is 6.91. The van der Waals surface area contributed by atoms with Crippen LogP contribution in [-0.2, 0) is 16.6 Å². The Bertz CT molecular complexity index is 741. The smallest absolute Gasteiger partial charge is 0.271 e. The second kappa shape index (κ2) is 5.47. The maximum Gasteiger partial charge on any atom is 0.271 e. The van der Waals surface area contributed by atoms with Crippen molar-refractivity contribution in [3.63, 3.8) is 0 Å². The summed E-state index contributed by atoms with van der Waals surface area (Å²) in [5.41, 5.74) is -0.157. The van der Waals surface area contributed by atoms with Gasteiger partial charge in [0.1, 0.15) is 15.7 Å². The van der Waals surface area contributed by atoms with Gasteiger partial charge in [-0.05, 0) is 35.6 Å². The number of benzene rings is 1. The van der Waals surface area contributed by atoms with Crippen LogP contribution in [0.3, 0.4) is 0 Å². The number of sulfonamides is 1. The van der Waals surface area contributed by atoms with Crippen molar-refractivity contribution in [1.82, 2.24) is 0 Å². The molecule has 1 aromatic carbocycles. The van der Waals surface area contributed by atoms with Crippen molar-refractivity contribution in [2.24, 2.45) is 0 Å². The van der Waals surface area contributed by atoms with E-state index in [1.165, 1.54) is 24.4 Å². The highest BCUT2D eigenvalue weighted by Gasteiger charge is 2.21. The van der Waals surface area contributed by atoms with Crippen molar-refractivity contribution in [2.75, 3.05) is 4.72 Å². The fraction of sp³-hybridized carbons (Fsp3) is 0.167. The van der Waals surface area contributed by atoms with Crippen LogP contribution in [0.25, 0.3) is 0 Å². The van der Waals surface area contributed by atoms with E-state index < -0.39 is 27.3 Å². The molecule has 0 amide bonds. The lowest BCUT2D eigenvalue weighted by atomic mass is 10.2. The van der Waals surface area contributed by atoms with Crippen LogP contribution in [0.2, 0.25) is 0 Å². The summed E-state index contributed by atoms with van der Waals surface area (Å²) in [6, 6.07) is 3.46. The van der Waals surface area contributed by atoms with Crippen LogP contribution < -0.4 is 4.72 Å². The highest BCUT2D eigenvalue weighted by Crippen LogP contribution is 2.27. The summed E-state index contributed by atoms with van der Waals surface area (Å²) < 4.78 is 53.2. The number of aliphatic hydroxyl groups excluding tert-OH is 1. The molecule has 0 aliphatic rings. The monoisotopic (exact) mass is 319 g/mol. The second-order valence-electron chi connectivity index (χ2n) is 4.09. The quantitative estimate of drug-likeness (QED) is 0.910. The van der Waals surface area contributed by atoms with Crippen LogP contribution in [0.1, 0.15) is 11.1 Å². The maximum atomic E-state index is 13.8. The molecule has 20 heavy (non-hydrogen) atoms. The first-order valence-electron chi connectivity index (χ1n) is 5.51. The van der Waals surface area contributed by atoms with Gasteiger partial charge in [-0.2, -0.15) is 0 Å². The molecular formula is C12H11F2NO3S2. The molecule has 1 heterocycles. The van der Waals surface area contributed by atoms with Gasteiger partial charge in [0.05, 0.1) is 6.61 Å².